The van der Waals surface area contributed by atoms with Crippen molar-refractivity contribution in [2.45, 2.75) is 57.6 Å². The molecule has 200 valence electrons. The second kappa shape index (κ2) is 9.95. The van der Waals surface area contributed by atoms with Crippen LogP contribution in [0.2, 0.25) is 5.31 Å². The summed E-state index contributed by atoms with van der Waals surface area (Å²) in [5, 5.41) is -0.267. The van der Waals surface area contributed by atoms with Gasteiger partial charge in [0.15, 0.2) is 17.5 Å². The van der Waals surface area contributed by atoms with Gasteiger partial charge in [-0.05, 0) is 45.3 Å². The van der Waals surface area contributed by atoms with Crippen LogP contribution in [0.5, 0.6) is 0 Å². The van der Waals surface area contributed by atoms with Gasteiger partial charge in [0, 0.05) is 22.0 Å². The first-order valence-corrected chi connectivity index (χ1v) is 13.9. The molecule has 1 atom stereocenters. The van der Waals surface area contributed by atoms with E-state index >= 15 is 0 Å². The molecule has 1 fully saturated rings. The van der Waals surface area contributed by atoms with Crippen molar-refractivity contribution in [3.8, 4) is 34.2 Å². The number of hydrogen-bond donors (Lipinski definition) is 0. The maximum Gasteiger partial charge on any atom is 0.468 e. The predicted octanol–water partition coefficient (Wildman–Crippen LogP) is 8.07. The Labute approximate surface area is 237 Å². The van der Waals surface area contributed by atoms with Crippen LogP contribution in [-0.4, -0.2) is 33.3 Å². The first-order chi connectivity index (χ1) is 19.1. The van der Waals surface area contributed by atoms with Gasteiger partial charge in [0.2, 0.25) is 0 Å². The van der Waals surface area contributed by atoms with Crippen LogP contribution in [-0.2, 0) is 9.31 Å². The summed E-state index contributed by atoms with van der Waals surface area (Å²) in [6.45, 7) is 10.6. The van der Waals surface area contributed by atoms with Crippen molar-refractivity contribution in [1.82, 2.24) is 15.0 Å². The molecule has 0 radical (unpaired) electrons. The molecule has 0 bridgehead atoms. The van der Waals surface area contributed by atoms with Crippen molar-refractivity contribution in [2.24, 2.45) is 0 Å². The second-order valence-corrected chi connectivity index (χ2v) is 11.9. The number of nitrogens with zero attached hydrogens (tertiary/aromatic N) is 3. The molecule has 6 rings (SSSR count). The molecule has 0 amide bonds. The fourth-order valence-electron chi connectivity index (χ4n) is 5.16. The Morgan fingerprint density at radius 3 is 1.48 bits per heavy atom. The van der Waals surface area contributed by atoms with E-state index in [-0.39, 0.29) is 23.6 Å². The lowest BCUT2D eigenvalue weighted by molar-refractivity contribution is 0.00578. The molecule has 4 aromatic rings. The molecule has 1 aromatic heterocycles. The van der Waals surface area contributed by atoms with E-state index in [4.69, 9.17) is 24.3 Å². The highest BCUT2D eigenvalue weighted by Gasteiger charge is 2.57. The van der Waals surface area contributed by atoms with E-state index in [1.807, 2.05) is 60.7 Å². The average molecular weight is 527 g/mol. The van der Waals surface area contributed by atoms with Gasteiger partial charge in [-0.1, -0.05) is 110 Å². The Bertz CT molecular complexity index is 1510. The van der Waals surface area contributed by atoms with Gasteiger partial charge < -0.3 is 9.31 Å². The maximum atomic E-state index is 6.44. The Kier molecular flexibility index (Phi) is 6.56. The van der Waals surface area contributed by atoms with Gasteiger partial charge in [-0.3, -0.25) is 0 Å². The van der Waals surface area contributed by atoms with Gasteiger partial charge in [-0.15, -0.1) is 0 Å². The van der Waals surface area contributed by atoms with E-state index in [1.165, 1.54) is 5.57 Å². The molecule has 40 heavy (non-hydrogen) atoms. The fourth-order valence-corrected chi connectivity index (χ4v) is 5.16. The predicted molar refractivity (Wildman–Crippen MR) is 162 cm³/mol. The third-order valence-corrected chi connectivity index (χ3v) is 8.35. The smallest absolute Gasteiger partial charge is 0.403 e. The van der Waals surface area contributed by atoms with E-state index in [1.54, 1.807) is 0 Å². The highest BCUT2D eigenvalue weighted by molar-refractivity contribution is 6.50. The zero-order valence-electron chi connectivity index (χ0n) is 23.8. The summed E-state index contributed by atoms with van der Waals surface area (Å²) in [6.07, 6.45) is 7.35. The molecular weight excluding hydrogens is 493 g/mol. The normalized spacial score (nSPS) is 21.3. The Morgan fingerprint density at radius 1 is 0.575 bits per heavy atom. The summed E-state index contributed by atoms with van der Waals surface area (Å²) < 4.78 is 12.9. The summed E-state index contributed by atoms with van der Waals surface area (Å²) in [7, 11) is -0.310. The number of aromatic nitrogens is 3. The molecule has 6 heteroatoms. The number of allylic oxidation sites excluding steroid dienone is 4. The molecule has 1 unspecified atom stereocenters. The highest BCUT2D eigenvalue weighted by Crippen LogP contribution is 2.51. The van der Waals surface area contributed by atoms with Gasteiger partial charge in [0.05, 0.1) is 11.2 Å². The molecule has 1 saturated heterocycles. The number of rotatable bonds is 5. The van der Waals surface area contributed by atoms with Crippen LogP contribution in [0.3, 0.4) is 0 Å². The van der Waals surface area contributed by atoms with Crippen molar-refractivity contribution in [2.75, 3.05) is 0 Å². The molecule has 2 aliphatic rings. The van der Waals surface area contributed by atoms with Crippen LogP contribution in [0.1, 0.15) is 46.6 Å². The van der Waals surface area contributed by atoms with Gasteiger partial charge >= 0.3 is 7.12 Å². The monoisotopic (exact) mass is 527 g/mol. The van der Waals surface area contributed by atoms with Crippen molar-refractivity contribution < 1.29 is 9.31 Å². The SMILES string of the molecule is CC1(B2OC(C)(C)C(C)(C)O2)C=CC=C(c2ccc(-c3nc(-c4ccccc4)nc(-c4ccccc4)n3)cc2)C1. The third kappa shape index (κ3) is 4.94. The molecule has 0 saturated carbocycles. The van der Waals surface area contributed by atoms with Gasteiger partial charge in [-0.25, -0.2) is 15.0 Å². The molecule has 3 aromatic carbocycles. The Hall–Kier alpha value is -3.87. The lowest BCUT2D eigenvalue weighted by Gasteiger charge is -2.32. The molecule has 1 aliphatic heterocycles. The summed E-state index contributed by atoms with van der Waals surface area (Å²) >= 11 is 0. The minimum Gasteiger partial charge on any atom is -0.403 e. The van der Waals surface area contributed by atoms with Crippen LogP contribution in [0, 0.1) is 0 Å². The zero-order valence-corrected chi connectivity index (χ0v) is 23.8. The molecule has 2 heterocycles. The standard InChI is InChI=1S/C34H34BN3O2/c1-32(2)33(3,4)40-35(39-32)34(5)22-12-17-28(23-34)24-18-20-27(21-19-24)31-37-29(25-13-8-6-9-14-25)36-30(38-31)26-15-10-7-11-16-26/h6-22H,23H2,1-5H3. The van der Waals surface area contributed by atoms with Crippen LogP contribution in [0.4, 0.5) is 0 Å². The lowest BCUT2D eigenvalue weighted by Crippen LogP contribution is -2.41. The van der Waals surface area contributed by atoms with Crippen molar-refractivity contribution in [3.05, 3.63) is 109 Å². The molecule has 0 spiro atoms. The van der Waals surface area contributed by atoms with Crippen LogP contribution < -0.4 is 0 Å². The molecule has 0 N–H and O–H groups in total. The minimum atomic E-state index is -0.362. The first kappa shape index (κ1) is 26.4. The Balaban J connectivity index is 1.30. The molecule has 5 nitrogen and oxygen atoms in total. The zero-order chi connectivity index (χ0) is 28.0. The van der Waals surface area contributed by atoms with E-state index < -0.39 is 0 Å². The van der Waals surface area contributed by atoms with E-state index in [0.717, 1.165) is 28.7 Å². The lowest BCUT2D eigenvalue weighted by atomic mass is 9.54. The van der Waals surface area contributed by atoms with Crippen molar-refractivity contribution in [3.63, 3.8) is 0 Å². The number of hydrogen-bond acceptors (Lipinski definition) is 5. The van der Waals surface area contributed by atoms with Crippen LogP contribution >= 0.6 is 0 Å². The molecule has 1 aliphatic carbocycles. The van der Waals surface area contributed by atoms with Gasteiger partial charge in [0.1, 0.15) is 0 Å². The largest absolute Gasteiger partial charge is 0.468 e. The van der Waals surface area contributed by atoms with E-state index in [9.17, 15) is 0 Å². The second-order valence-electron chi connectivity index (χ2n) is 11.9. The fraction of sp³-hybridized carbons (Fsp3) is 0.265. The minimum absolute atomic E-state index is 0.267. The van der Waals surface area contributed by atoms with Crippen molar-refractivity contribution in [1.29, 1.82) is 0 Å². The molecular formula is C34H34BN3O2. The Morgan fingerprint density at radius 2 is 1.00 bits per heavy atom. The quantitative estimate of drug-likeness (QED) is 0.246. The van der Waals surface area contributed by atoms with Gasteiger partial charge in [0.25, 0.3) is 0 Å². The summed E-state index contributed by atoms with van der Waals surface area (Å²) in [6, 6.07) is 28.6. The third-order valence-electron chi connectivity index (χ3n) is 8.35. The van der Waals surface area contributed by atoms with E-state index in [0.29, 0.717) is 17.5 Å². The average Bonchev–Trinajstić information content (AvgIpc) is 3.21. The summed E-state index contributed by atoms with van der Waals surface area (Å²) in [4.78, 5) is 14.5. The summed E-state index contributed by atoms with van der Waals surface area (Å²) in [5.41, 5.74) is 4.55. The topological polar surface area (TPSA) is 57.1 Å². The van der Waals surface area contributed by atoms with Crippen LogP contribution in [0.15, 0.2) is 103 Å². The number of benzene rings is 3. The van der Waals surface area contributed by atoms with Gasteiger partial charge in [-0.2, -0.15) is 0 Å². The maximum absolute atomic E-state index is 6.44. The van der Waals surface area contributed by atoms with Crippen LogP contribution in [0.25, 0.3) is 39.7 Å². The summed E-state index contributed by atoms with van der Waals surface area (Å²) in [5.74, 6) is 1.97. The van der Waals surface area contributed by atoms with Crippen molar-refractivity contribution >= 4 is 12.7 Å². The highest BCUT2D eigenvalue weighted by atomic mass is 16.7. The van der Waals surface area contributed by atoms with E-state index in [2.05, 4.69) is 77.1 Å². The first-order valence-electron chi connectivity index (χ1n) is 13.9.